The summed E-state index contributed by atoms with van der Waals surface area (Å²) in [6.07, 6.45) is 0. The Hall–Kier alpha value is -2.23. The fourth-order valence-electron chi connectivity index (χ4n) is 3.94. The van der Waals surface area contributed by atoms with Crippen molar-refractivity contribution in [2.24, 2.45) is 0 Å². The summed E-state index contributed by atoms with van der Waals surface area (Å²) in [6.45, 7) is 6.51. The Morgan fingerprint density at radius 1 is 0.929 bits per heavy atom. The molecule has 0 aromatic heterocycles. The quantitative estimate of drug-likeness (QED) is 0.372. The van der Waals surface area contributed by atoms with Crippen LogP contribution in [0.25, 0.3) is 30.8 Å². The first-order valence-electron chi connectivity index (χ1n) is 9.71. The van der Waals surface area contributed by atoms with Gasteiger partial charge in [0.2, 0.25) is 0 Å². The molecule has 0 radical (unpaired) electrons. The second-order valence-electron chi connectivity index (χ2n) is 6.97. The summed E-state index contributed by atoms with van der Waals surface area (Å²) in [6, 6.07) is 20.2. The average molecular weight is 437 g/mol. The summed E-state index contributed by atoms with van der Waals surface area (Å²) in [4.78, 5) is 13.5. The van der Waals surface area contributed by atoms with Crippen LogP contribution in [0, 0.1) is 0 Å². The van der Waals surface area contributed by atoms with Gasteiger partial charge < -0.3 is 0 Å². The van der Waals surface area contributed by atoms with E-state index in [0.29, 0.717) is 0 Å². The van der Waals surface area contributed by atoms with Crippen molar-refractivity contribution >= 4 is 29.8 Å². The van der Waals surface area contributed by atoms with Crippen LogP contribution in [0.3, 0.4) is 0 Å². The van der Waals surface area contributed by atoms with E-state index < -0.39 is 0 Å². The minimum absolute atomic E-state index is 0.00317. The molecular weight excluding hydrogens is 413 g/mol. The van der Waals surface area contributed by atoms with Crippen LogP contribution in [0.5, 0.6) is 0 Å². The van der Waals surface area contributed by atoms with Crippen molar-refractivity contribution in [3.05, 3.63) is 76.5 Å². The van der Waals surface area contributed by atoms with Gasteiger partial charge in [0, 0.05) is 0 Å². The third kappa shape index (κ3) is 3.34. The van der Waals surface area contributed by atoms with Crippen LogP contribution in [-0.4, -0.2) is 32.7 Å². The van der Waals surface area contributed by atoms with Crippen molar-refractivity contribution in [3.8, 4) is 21.1 Å². The molecule has 0 unspecified atom stereocenters. The van der Waals surface area contributed by atoms with Crippen molar-refractivity contribution in [1.29, 1.82) is 0 Å². The number of benzene rings is 3. The van der Waals surface area contributed by atoms with E-state index in [1.807, 2.05) is 24.3 Å². The van der Waals surface area contributed by atoms with Gasteiger partial charge in [-0.2, -0.15) is 0 Å². The first-order chi connectivity index (χ1) is 13.7. The second kappa shape index (κ2) is 8.02. The van der Waals surface area contributed by atoms with Crippen LogP contribution in [0.4, 0.5) is 5.69 Å². The van der Waals surface area contributed by atoms with Gasteiger partial charge >= 0.3 is 171 Å². The third-order valence-electron chi connectivity index (χ3n) is 5.41. The van der Waals surface area contributed by atoms with E-state index in [2.05, 4.69) is 38.1 Å². The van der Waals surface area contributed by atoms with Crippen molar-refractivity contribution in [2.75, 3.05) is 13.1 Å². The van der Waals surface area contributed by atoms with Crippen LogP contribution >= 0.6 is 0 Å². The van der Waals surface area contributed by atoms with E-state index in [9.17, 15) is 9.90 Å². The molecule has 0 spiro atoms. The molecule has 3 nitrogen and oxygen atoms in total. The van der Waals surface area contributed by atoms with Crippen LogP contribution in [0.1, 0.15) is 19.4 Å². The Labute approximate surface area is 171 Å². The fourth-order valence-corrected chi connectivity index (χ4v) is 6.37. The van der Waals surface area contributed by atoms with E-state index in [0.717, 1.165) is 39.8 Å². The standard InChI is InChI=1S/C24H23NO2Se/c1-3-25(4-2)17-9-11-20-22(13-17)28-23-14-18(27)10-12-21(23)24(20)19-8-6-5-7-16(19)15-26/h5-14,26H,3-4,15H2,1-2H3/p+1. The van der Waals surface area contributed by atoms with Crippen LogP contribution < -0.4 is 10.3 Å². The molecular formula is C24H24NO2Se+. The molecule has 2 aliphatic rings. The van der Waals surface area contributed by atoms with Gasteiger partial charge in [0.25, 0.3) is 0 Å². The first kappa shape index (κ1) is 19.1. The monoisotopic (exact) mass is 438 g/mol. The Balaban J connectivity index is 2.10. The molecule has 0 bridgehead atoms. The molecule has 0 saturated carbocycles. The Morgan fingerprint density at radius 3 is 2.46 bits per heavy atom. The summed E-state index contributed by atoms with van der Waals surface area (Å²) in [7, 11) is 0. The van der Waals surface area contributed by atoms with Gasteiger partial charge in [-0.15, -0.1) is 0 Å². The van der Waals surface area contributed by atoms with Crippen LogP contribution in [0.15, 0.2) is 65.5 Å². The predicted molar refractivity (Wildman–Crippen MR) is 117 cm³/mol. The molecule has 2 aromatic rings. The van der Waals surface area contributed by atoms with Crippen molar-refractivity contribution in [3.63, 3.8) is 0 Å². The van der Waals surface area contributed by atoms with Gasteiger partial charge in [-0.1, -0.05) is 0 Å². The van der Waals surface area contributed by atoms with Gasteiger partial charge in [0.15, 0.2) is 0 Å². The zero-order chi connectivity index (χ0) is 19.7. The van der Waals surface area contributed by atoms with E-state index >= 15 is 0 Å². The number of aliphatic hydroxyl groups excluding tert-OH is 1. The number of hydrogen-bond acceptors (Lipinski definition) is 2. The summed E-state index contributed by atoms with van der Waals surface area (Å²) in [5, 5.41) is 11.1. The van der Waals surface area contributed by atoms with Crippen LogP contribution in [0.2, 0.25) is 0 Å². The van der Waals surface area contributed by atoms with Gasteiger partial charge in [0.1, 0.15) is 0 Å². The number of hydrogen-bond donors (Lipinski definition) is 2. The summed E-state index contributed by atoms with van der Waals surface area (Å²) in [5.74, 6) is 0. The molecule has 0 saturated heterocycles. The average Bonchev–Trinajstić information content (AvgIpc) is 2.72. The maximum atomic E-state index is 12.0. The number of nitrogens with one attached hydrogen (secondary N) is 1. The molecule has 0 fully saturated rings. The van der Waals surface area contributed by atoms with Crippen LogP contribution in [-0.2, 0) is 6.61 Å². The number of quaternary nitrogens is 1. The zero-order valence-electron chi connectivity index (χ0n) is 16.2. The summed E-state index contributed by atoms with van der Waals surface area (Å²) in [5.41, 5.74) is 5.57. The zero-order valence-corrected chi connectivity index (χ0v) is 17.9. The molecule has 1 aliphatic heterocycles. The Kier molecular flexibility index (Phi) is 5.47. The molecule has 0 atom stereocenters. The van der Waals surface area contributed by atoms with Gasteiger partial charge in [-0.25, -0.2) is 0 Å². The SMILES string of the molecule is CC[NH+](CC)c1ccc2c(-c3ccccc3CO)c3ccc(=O)cc-3[se]c2c1. The number of fused-ring (bicyclic) bond motifs is 2. The third-order valence-corrected chi connectivity index (χ3v) is 7.75. The maximum absolute atomic E-state index is 12.0. The fraction of sp³-hybridized carbons (Fsp3) is 0.208. The molecule has 4 rings (SSSR count). The van der Waals surface area contributed by atoms with Crippen molar-refractivity contribution < 1.29 is 10.0 Å². The van der Waals surface area contributed by atoms with Gasteiger partial charge in [-0.3, -0.25) is 0 Å². The van der Waals surface area contributed by atoms with Crippen molar-refractivity contribution in [1.82, 2.24) is 0 Å². The normalized spacial score (nSPS) is 11.6. The molecule has 1 heterocycles. The topological polar surface area (TPSA) is 41.7 Å². The molecule has 1 aliphatic carbocycles. The Morgan fingerprint density at radius 2 is 1.71 bits per heavy atom. The molecule has 4 heteroatoms. The molecule has 2 N–H and O–H groups in total. The van der Waals surface area contributed by atoms with Gasteiger partial charge in [0.05, 0.1) is 0 Å². The second-order valence-corrected chi connectivity index (χ2v) is 9.25. The Bertz CT molecular complexity index is 1160. The number of rotatable bonds is 5. The summed E-state index contributed by atoms with van der Waals surface area (Å²) >= 11 is 0.0886. The summed E-state index contributed by atoms with van der Waals surface area (Å²) < 4.78 is 2.44. The van der Waals surface area contributed by atoms with E-state index in [1.165, 1.54) is 20.2 Å². The molecule has 28 heavy (non-hydrogen) atoms. The predicted octanol–water partition coefficient (Wildman–Crippen LogP) is 3.08. The molecule has 0 amide bonds. The first-order valence-corrected chi connectivity index (χ1v) is 11.4. The van der Waals surface area contributed by atoms with E-state index in [1.54, 1.807) is 12.1 Å². The van der Waals surface area contributed by atoms with E-state index in [4.69, 9.17) is 0 Å². The molecule has 2 aromatic carbocycles. The van der Waals surface area contributed by atoms with E-state index in [-0.39, 0.29) is 26.5 Å². The molecule has 142 valence electrons. The van der Waals surface area contributed by atoms with Crippen molar-refractivity contribution in [2.45, 2.75) is 20.5 Å². The number of aliphatic hydroxyl groups is 1. The van der Waals surface area contributed by atoms with Gasteiger partial charge in [-0.05, 0) is 0 Å². The minimum atomic E-state index is -0.00317.